The van der Waals surface area contributed by atoms with Crippen LogP contribution >= 0.6 is 0 Å². The number of imide groups is 2. The molecule has 1 spiro atoms. The average Bonchev–Trinajstić information content (AvgIpc) is 2.37. The summed E-state index contributed by atoms with van der Waals surface area (Å²) in [6, 6.07) is 3.08. The van der Waals surface area contributed by atoms with Gasteiger partial charge in [-0.25, -0.2) is 4.79 Å². The van der Waals surface area contributed by atoms with Crippen LogP contribution in [0, 0.1) is 5.41 Å². The molecule has 1 aromatic rings. The third kappa shape index (κ3) is 1.88. The van der Waals surface area contributed by atoms with Crippen LogP contribution in [0.2, 0.25) is 0 Å². The first-order valence-electron chi connectivity index (χ1n) is 6.70. The van der Waals surface area contributed by atoms with E-state index in [9.17, 15) is 14.4 Å². The highest BCUT2D eigenvalue weighted by atomic mass is 16.2. The number of aromatic nitrogens is 1. The van der Waals surface area contributed by atoms with Gasteiger partial charge in [-0.1, -0.05) is 6.42 Å². The highest BCUT2D eigenvalue weighted by Gasteiger charge is 2.57. The number of carbonyl (C=O) groups is 3. The lowest BCUT2D eigenvalue weighted by Crippen LogP contribution is -2.66. The molecule has 2 fully saturated rings. The average molecular weight is 273 g/mol. The van der Waals surface area contributed by atoms with E-state index in [1.54, 1.807) is 12.4 Å². The van der Waals surface area contributed by atoms with Gasteiger partial charge < -0.3 is 0 Å². The number of carbonyl (C=O) groups excluding carboxylic acids is 3. The maximum atomic E-state index is 12.4. The molecule has 2 heterocycles. The summed E-state index contributed by atoms with van der Waals surface area (Å²) in [4.78, 5) is 41.2. The van der Waals surface area contributed by atoms with Gasteiger partial charge in [-0.2, -0.15) is 0 Å². The molecule has 2 aliphatic rings. The van der Waals surface area contributed by atoms with Crippen molar-refractivity contribution in [3.63, 3.8) is 0 Å². The number of barbiturate groups is 1. The van der Waals surface area contributed by atoms with Crippen molar-refractivity contribution in [1.82, 2.24) is 15.2 Å². The summed E-state index contributed by atoms with van der Waals surface area (Å²) in [5.41, 5.74) is 0.0201. The second-order valence-electron chi connectivity index (χ2n) is 5.26. The molecule has 1 saturated heterocycles. The van der Waals surface area contributed by atoms with Crippen LogP contribution in [-0.4, -0.2) is 34.3 Å². The summed E-state index contributed by atoms with van der Waals surface area (Å²) < 4.78 is 0. The second kappa shape index (κ2) is 4.70. The first-order valence-corrected chi connectivity index (χ1v) is 6.70. The van der Waals surface area contributed by atoms with Gasteiger partial charge in [0.2, 0.25) is 11.8 Å². The number of rotatable bonds is 3. The van der Waals surface area contributed by atoms with Crippen LogP contribution in [0.1, 0.15) is 24.8 Å². The smallest absolute Gasteiger partial charge is 0.277 e. The highest BCUT2D eigenvalue weighted by Crippen LogP contribution is 2.44. The maximum absolute atomic E-state index is 12.4. The van der Waals surface area contributed by atoms with Crippen LogP contribution in [0.15, 0.2) is 24.5 Å². The van der Waals surface area contributed by atoms with Gasteiger partial charge in [0.1, 0.15) is 5.41 Å². The van der Waals surface area contributed by atoms with Crippen LogP contribution in [0.5, 0.6) is 0 Å². The molecule has 104 valence electrons. The summed E-state index contributed by atoms with van der Waals surface area (Å²) in [5, 5.41) is 2.30. The molecule has 20 heavy (non-hydrogen) atoms. The largest absolute Gasteiger partial charge is 0.330 e. The number of urea groups is 1. The Kier molecular flexibility index (Phi) is 3.00. The quantitative estimate of drug-likeness (QED) is 0.829. The van der Waals surface area contributed by atoms with Crippen molar-refractivity contribution >= 4 is 17.8 Å². The van der Waals surface area contributed by atoms with Crippen molar-refractivity contribution in [2.75, 3.05) is 6.54 Å². The Labute approximate surface area is 116 Å². The normalized spacial score (nSPS) is 20.8. The van der Waals surface area contributed by atoms with Crippen molar-refractivity contribution in [3.05, 3.63) is 30.1 Å². The predicted octanol–water partition coefficient (Wildman–Crippen LogP) is 0.873. The fourth-order valence-electron chi connectivity index (χ4n) is 2.70. The van der Waals surface area contributed by atoms with Crippen molar-refractivity contribution in [2.24, 2.45) is 5.41 Å². The monoisotopic (exact) mass is 273 g/mol. The van der Waals surface area contributed by atoms with Gasteiger partial charge in [0.05, 0.1) is 0 Å². The minimum atomic E-state index is -0.980. The molecule has 4 amide bonds. The summed E-state index contributed by atoms with van der Waals surface area (Å²) in [7, 11) is 0. The van der Waals surface area contributed by atoms with Crippen molar-refractivity contribution in [2.45, 2.75) is 25.7 Å². The third-order valence-corrected chi connectivity index (χ3v) is 4.14. The van der Waals surface area contributed by atoms with Gasteiger partial charge in [-0.3, -0.25) is 24.8 Å². The van der Waals surface area contributed by atoms with Gasteiger partial charge >= 0.3 is 6.03 Å². The van der Waals surface area contributed by atoms with E-state index in [2.05, 4.69) is 10.3 Å². The Balaban J connectivity index is 1.73. The van der Waals surface area contributed by atoms with E-state index < -0.39 is 17.4 Å². The molecule has 3 rings (SSSR count). The molecule has 1 aliphatic heterocycles. The molecule has 6 heteroatoms. The lowest BCUT2D eigenvalue weighted by Gasteiger charge is -2.44. The predicted molar refractivity (Wildman–Crippen MR) is 69.5 cm³/mol. The van der Waals surface area contributed by atoms with Gasteiger partial charge in [-0.15, -0.1) is 0 Å². The molecule has 0 atom stereocenters. The summed E-state index contributed by atoms with van der Waals surface area (Å²) in [5.74, 6) is -0.773. The van der Waals surface area contributed by atoms with Crippen LogP contribution in [0.4, 0.5) is 4.79 Å². The Morgan fingerprint density at radius 3 is 2.50 bits per heavy atom. The summed E-state index contributed by atoms with van der Waals surface area (Å²) in [6.45, 7) is 0.281. The Bertz CT molecular complexity index is 566. The molecule has 1 N–H and O–H groups in total. The fourth-order valence-corrected chi connectivity index (χ4v) is 2.70. The van der Waals surface area contributed by atoms with E-state index >= 15 is 0 Å². The minimum absolute atomic E-state index is 0.281. The van der Waals surface area contributed by atoms with E-state index in [1.807, 2.05) is 12.1 Å². The zero-order valence-corrected chi connectivity index (χ0v) is 11.0. The third-order valence-electron chi connectivity index (χ3n) is 4.14. The second-order valence-corrected chi connectivity index (χ2v) is 5.26. The fraction of sp³-hybridized carbons (Fsp3) is 0.429. The van der Waals surface area contributed by atoms with Crippen LogP contribution in [0.25, 0.3) is 0 Å². The summed E-state index contributed by atoms with van der Waals surface area (Å²) in [6.07, 6.45) is 5.83. The molecule has 6 nitrogen and oxygen atoms in total. The minimum Gasteiger partial charge on any atom is -0.277 e. The molecule has 1 aliphatic carbocycles. The molecular formula is C14H15N3O3. The number of hydrogen-bond donors (Lipinski definition) is 1. The van der Waals surface area contributed by atoms with Gasteiger partial charge in [-0.05, 0) is 37.0 Å². The Morgan fingerprint density at radius 1 is 1.20 bits per heavy atom. The van der Waals surface area contributed by atoms with Crippen LogP contribution in [-0.2, 0) is 16.0 Å². The molecular weight excluding hydrogens is 258 g/mol. The number of nitrogens with zero attached hydrogens (tertiary/aromatic N) is 2. The van der Waals surface area contributed by atoms with Crippen LogP contribution < -0.4 is 5.32 Å². The SMILES string of the molecule is O=C1NC(=O)C2(CCC2)C(=O)N1CCc1ccncc1. The molecule has 1 aromatic heterocycles. The van der Waals surface area contributed by atoms with Crippen LogP contribution in [0.3, 0.4) is 0 Å². The van der Waals surface area contributed by atoms with E-state index in [0.717, 1.165) is 12.0 Å². The van der Waals surface area contributed by atoms with Gasteiger partial charge in [0.25, 0.3) is 0 Å². The number of hydrogen-bond acceptors (Lipinski definition) is 4. The molecule has 1 saturated carbocycles. The standard InChI is InChI=1S/C14H15N3O3/c18-11-14(5-1-6-14)12(19)17(13(20)16-11)9-4-10-2-7-15-8-3-10/h2-3,7-8H,1,4-6,9H2,(H,16,18,20). The van der Waals surface area contributed by atoms with E-state index in [-0.39, 0.29) is 12.5 Å². The lowest BCUT2D eigenvalue weighted by molar-refractivity contribution is -0.157. The van der Waals surface area contributed by atoms with Crippen molar-refractivity contribution in [1.29, 1.82) is 0 Å². The van der Waals surface area contributed by atoms with Crippen molar-refractivity contribution < 1.29 is 14.4 Å². The number of pyridine rings is 1. The summed E-state index contributed by atoms with van der Waals surface area (Å²) >= 11 is 0. The van der Waals surface area contributed by atoms with Gasteiger partial charge in [0, 0.05) is 18.9 Å². The Hall–Kier alpha value is -2.24. The molecule has 0 bridgehead atoms. The number of nitrogens with one attached hydrogen (secondary N) is 1. The maximum Gasteiger partial charge on any atom is 0.330 e. The topological polar surface area (TPSA) is 79.4 Å². The lowest BCUT2D eigenvalue weighted by atomic mass is 9.66. The molecule has 0 radical (unpaired) electrons. The first-order chi connectivity index (χ1) is 9.63. The van der Waals surface area contributed by atoms with Gasteiger partial charge in [0.15, 0.2) is 0 Å². The zero-order valence-electron chi connectivity index (χ0n) is 11.0. The van der Waals surface area contributed by atoms with E-state index in [4.69, 9.17) is 0 Å². The van der Waals surface area contributed by atoms with Crippen molar-refractivity contribution in [3.8, 4) is 0 Å². The van der Waals surface area contributed by atoms with E-state index in [0.29, 0.717) is 19.3 Å². The number of amides is 4. The van der Waals surface area contributed by atoms with E-state index in [1.165, 1.54) is 4.90 Å². The molecule has 0 unspecified atom stereocenters. The zero-order chi connectivity index (χ0) is 14.2. The molecule has 0 aromatic carbocycles. The first kappa shape index (κ1) is 12.8. The highest BCUT2D eigenvalue weighted by molar-refractivity contribution is 6.19. The Morgan fingerprint density at radius 2 is 1.90 bits per heavy atom.